The number of benzene rings is 1. The number of carbonyl (C=O) groups is 1. The highest BCUT2D eigenvalue weighted by Crippen LogP contribution is 2.33. The Labute approximate surface area is 140 Å². The van der Waals surface area contributed by atoms with Crippen LogP contribution in [0.3, 0.4) is 0 Å². The second kappa shape index (κ2) is 6.46. The van der Waals surface area contributed by atoms with Crippen LogP contribution in [0.15, 0.2) is 29.3 Å². The van der Waals surface area contributed by atoms with Crippen molar-refractivity contribution in [3.05, 3.63) is 30.0 Å². The smallest absolute Gasteiger partial charge is 0.243 e. The van der Waals surface area contributed by atoms with Crippen molar-refractivity contribution < 1.29 is 18.3 Å². The van der Waals surface area contributed by atoms with Gasteiger partial charge < -0.3 is 10.4 Å². The van der Waals surface area contributed by atoms with Gasteiger partial charge in [0.25, 0.3) is 0 Å². The first-order chi connectivity index (χ1) is 11.4. The van der Waals surface area contributed by atoms with Gasteiger partial charge in [-0.25, -0.2) is 13.4 Å². The summed E-state index contributed by atoms with van der Waals surface area (Å²) in [5, 5.41) is 13.7. The van der Waals surface area contributed by atoms with Crippen LogP contribution in [-0.2, 0) is 10.0 Å². The van der Waals surface area contributed by atoms with E-state index >= 15 is 0 Å². The zero-order valence-corrected chi connectivity index (χ0v) is 14.1. The van der Waals surface area contributed by atoms with Gasteiger partial charge in [-0.2, -0.15) is 4.31 Å². The Kier molecular flexibility index (Phi) is 4.53. The number of fused-ring (bicyclic) bond motifs is 1. The standard InChI is InChI=1S/C16H19N3O4S/c1-11(20)12-3-4-14(13-5-7-18-16(21)15(12)13)24(22,23)19-9-2-6-17-8-10-19/h3-5,7,17H,2,6,8-10H2,1H3,(H,18,21). The number of ketones is 1. The highest BCUT2D eigenvalue weighted by molar-refractivity contribution is 7.89. The fraction of sp³-hybridized carbons (Fsp3) is 0.375. The van der Waals surface area contributed by atoms with E-state index in [9.17, 15) is 18.3 Å². The Hall–Kier alpha value is -2.03. The number of aromatic hydroxyl groups is 1. The van der Waals surface area contributed by atoms with Crippen LogP contribution in [0.1, 0.15) is 23.7 Å². The van der Waals surface area contributed by atoms with Gasteiger partial charge in [0, 0.05) is 36.8 Å². The zero-order valence-electron chi connectivity index (χ0n) is 13.3. The molecule has 0 saturated carbocycles. The number of rotatable bonds is 3. The summed E-state index contributed by atoms with van der Waals surface area (Å²) in [5.41, 5.74) is 0.257. The summed E-state index contributed by atoms with van der Waals surface area (Å²) in [6, 6.07) is 4.39. The van der Waals surface area contributed by atoms with Gasteiger partial charge >= 0.3 is 0 Å². The molecular weight excluding hydrogens is 330 g/mol. The summed E-state index contributed by atoms with van der Waals surface area (Å²) >= 11 is 0. The molecule has 3 rings (SSSR count). The predicted molar refractivity (Wildman–Crippen MR) is 89.7 cm³/mol. The fourth-order valence-corrected chi connectivity index (χ4v) is 4.64. The second-order valence-corrected chi connectivity index (χ2v) is 7.64. The highest BCUT2D eigenvalue weighted by atomic mass is 32.2. The van der Waals surface area contributed by atoms with Gasteiger partial charge in [-0.3, -0.25) is 4.79 Å². The Morgan fingerprint density at radius 2 is 2.04 bits per heavy atom. The molecule has 0 radical (unpaired) electrons. The molecule has 24 heavy (non-hydrogen) atoms. The highest BCUT2D eigenvalue weighted by Gasteiger charge is 2.28. The molecule has 0 atom stereocenters. The molecule has 0 aliphatic carbocycles. The van der Waals surface area contributed by atoms with Crippen LogP contribution in [0, 0.1) is 0 Å². The van der Waals surface area contributed by atoms with Crippen molar-refractivity contribution in [1.82, 2.24) is 14.6 Å². The summed E-state index contributed by atoms with van der Waals surface area (Å²) < 4.78 is 27.6. The van der Waals surface area contributed by atoms with Gasteiger partial charge in [-0.05, 0) is 38.1 Å². The van der Waals surface area contributed by atoms with Crippen molar-refractivity contribution in [2.24, 2.45) is 0 Å². The number of hydrogen-bond acceptors (Lipinski definition) is 6. The van der Waals surface area contributed by atoms with Gasteiger partial charge in [0.05, 0.1) is 10.3 Å². The van der Waals surface area contributed by atoms with Crippen LogP contribution in [-0.4, -0.2) is 54.8 Å². The van der Waals surface area contributed by atoms with E-state index in [-0.39, 0.29) is 27.5 Å². The van der Waals surface area contributed by atoms with Crippen molar-refractivity contribution in [3.8, 4) is 5.88 Å². The lowest BCUT2D eigenvalue weighted by molar-refractivity contribution is 0.101. The molecule has 1 saturated heterocycles. The average Bonchev–Trinajstić information content (AvgIpc) is 2.83. The number of Topliss-reactive ketones (excluding diaryl/α,β-unsaturated/α-hetero) is 1. The van der Waals surface area contributed by atoms with Crippen molar-refractivity contribution in [2.45, 2.75) is 18.2 Å². The van der Waals surface area contributed by atoms with E-state index in [0.717, 1.165) is 13.0 Å². The van der Waals surface area contributed by atoms with E-state index < -0.39 is 10.0 Å². The largest absolute Gasteiger partial charge is 0.493 e. The summed E-state index contributed by atoms with van der Waals surface area (Å²) in [5.74, 6) is -0.599. The van der Waals surface area contributed by atoms with E-state index in [1.54, 1.807) is 0 Å². The lowest BCUT2D eigenvalue weighted by Gasteiger charge is -2.21. The number of pyridine rings is 1. The quantitative estimate of drug-likeness (QED) is 0.806. The third-order valence-corrected chi connectivity index (χ3v) is 6.12. The number of sulfonamides is 1. The molecule has 128 valence electrons. The molecule has 0 bridgehead atoms. The van der Waals surface area contributed by atoms with E-state index in [4.69, 9.17) is 0 Å². The Morgan fingerprint density at radius 1 is 1.25 bits per heavy atom. The van der Waals surface area contributed by atoms with Gasteiger partial charge in [-0.1, -0.05) is 0 Å². The van der Waals surface area contributed by atoms with Crippen LogP contribution < -0.4 is 5.32 Å². The van der Waals surface area contributed by atoms with E-state index in [0.29, 0.717) is 25.0 Å². The Morgan fingerprint density at radius 3 is 2.79 bits per heavy atom. The van der Waals surface area contributed by atoms with Gasteiger partial charge in [0.15, 0.2) is 5.78 Å². The number of nitrogens with zero attached hydrogens (tertiary/aromatic N) is 2. The number of hydrogen-bond donors (Lipinski definition) is 2. The first kappa shape index (κ1) is 16.8. The summed E-state index contributed by atoms with van der Waals surface area (Å²) in [6.07, 6.45) is 2.07. The summed E-state index contributed by atoms with van der Waals surface area (Å²) in [7, 11) is -3.73. The molecule has 1 aromatic carbocycles. The maximum Gasteiger partial charge on any atom is 0.243 e. The number of nitrogens with one attached hydrogen (secondary N) is 1. The van der Waals surface area contributed by atoms with Crippen LogP contribution in [0.25, 0.3) is 10.8 Å². The van der Waals surface area contributed by atoms with Crippen LogP contribution in [0.4, 0.5) is 0 Å². The third-order valence-electron chi connectivity index (χ3n) is 4.16. The molecule has 8 heteroatoms. The molecular formula is C16H19N3O4S. The van der Waals surface area contributed by atoms with E-state index in [2.05, 4.69) is 10.3 Å². The molecule has 1 aliphatic heterocycles. The van der Waals surface area contributed by atoms with Crippen LogP contribution >= 0.6 is 0 Å². The van der Waals surface area contributed by atoms with Gasteiger partial charge in [0.2, 0.25) is 15.9 Å². The molecule has 7 nitrogen and oxygen atoms in total. The second-order valence-electron chi connectivity index (χ2n) is 5.73. The summed E-state index contributed by atoms with van der Waals surface area (Å²) in [6.45, 7) is 3.56. The molecule has 0 amide bonds. The lowest BCUT2D eigenvalue weighted by Crippen LogP contribution is -2.34. The lowest BCUT2D eigenvalue weighted by atomic mass is 10.0. The molecule has 2 aromatic rings. The first-order valence-electron chi connectivity index (χ1n) is 7.75. The molecule has 0 unspecified atom stereocenters. The minimum absolute atomic E-state index is 0.0853. The minimum Gasteiger partial charge on any atom is -0.493 e. The zero-order chi connectivity index (χ0) is 17.3. The maximum absolute atomic E-state index is 13.1. The molecule has 2 heterocycles. The number of aromatic nitrogens is 1. The normalized spacial score (nSPS) is 16.9. The molecule has 1 aromatic heterocycles. The van der Waals surface area contributed by atoms with Crippen molar-refractivity contribution >= 4 is 26.6 Å². The fourth-order valence-electron chi connectivity index (χ4n) is 2.97. The van der Waals surface area contributed by atoms with E-state index in [1.807, 2.05) is 0 Å². The predicted octanol–water partition coefficient (Wildman–Crippen LogP) is 1.13. The van der Waals surface area contributed by atoms with Crippen LogP contribution in [0.5, 0.6) is 5.88 Å². The molecule has 0 spiro atoms. The average molecular weight is 349 g/mol. The van der Waals surface area contributed by atoms with Crippen molar-refractivity contribution in [1.29, 1.82) is 0 Å². The van der Waals surface area contributed by atoms with Gasteiger partial charge in [-0.15, -0.1) is 0 Å². The minimum atomic E-state index is -3.73. The van der Waals surface area contributed by atoms with Crippen molar-refractivity contribution in [2.75, 3.05) is 26.2 Å². The van der Waals surface area contributed by atoms with Crippen LogP contribution in [0.2, 0.25) is 0 Å². The third kappa shape index (κ3) is 2.88. The van der Waals surface area contributed by atoms with E-state index in [1.165, 1.54) is 35.6 Å². The van der Waals surface area contributed by atoms with Crippen molar-refractivity contribution in [3.63, 3.8) is 0 Å². The summed E-state index contributed by atoms with van der Waals surface area (Å²) in [4.78, 5) is 15.7. The maximum atomic E-state index is 13.1. The SMILES string of the molecule is CC(=O)c1ccc(S(=O)(=O)N2CCCNCC2)c2ccnc(O)c12. The first-order valence-corrected chi connectivity index (χ1v) is 9.19. The Bertz CT molecular complexity index is 888. The molecule has 1 aliphatic rings. The van der Waals surface area contributed by atoms with Gasteiger partial charge in [0.1, 0.15) is 0 Å². The molecule has 1 fully saturated rings. The number of carbonyl (C=O) groups excluding carboxylic acids is 1. The Balaban J connectivity index is 2.21. The topological polar surface area (TPSA) is 99.6 Å². The monoisotopic (exact) mass is 349 g/mol. The molecule has 2 N–H and O–H groups in total.